The van der Waals surface area contributed by atoms with E-state index in [-0.39, 0.29) is 28.0 Å². The number of nitro groups is 1. The van der Waals surface area contributed by atoms with Gasteiger partial charge in [-0.25, -0.2) is 5.43 Å². The number of methoxy groups -OCH3 is 1. The van der Waals surface area contributed by atoms with Gasteiger partial charge in [0.25, 0.3) is 5.69 Å². The van der Waals surface area contributed by atoms with Crippen LogP contribution in [0.15, 0.2) is 44.3 Å². The Labute approximate surface area is 170 Å². The van der Waals surface area contributed by atoms with E-state index in [2.05, 4.69) is 26.5 Å². The van der Waals surface area contributed by atoms with Crippen LogP contribution in [0.25, 0.3) is 11.0 Å². The maximum atomic E-state index is 12.2. The molecule has 0 aliphatic rings. The molecule has 28 heavy (non-hydrogen) atoms. The van der Waals surface area contributed by atoms with E-state index in [0.29, 0.717) is 21.0 Å². The van der Waals surface area contributed by atoms with Gasteiger partial charge in [-0.05, 0) is 34.1 Å². The molecule has 2 aromatic carbocycles. The van der Waals surface area contributed by atoms with Crippen LogP contribution >= 0.6 is 27.5 Å². The summed E-state index contributed by atoms with van der Waals surface area (Å²) in [4.78, 5) is 22.5. The zero-order valence-corrected chi connectivity index (χ0v) is 16.4. The summed E-state index contributed by atoms with van der Waals surface area (Å²) in [6, 6.07) is 6.85. The third-order valence-corrected chi connectivity index (χ3v) is 5.15. The summed E-state index contributed by atoms with van der Waals surface area (Å²) in [5.41, 5.74) is 2.95. The third-order valence-electron chi connectivity index (χ3n) is 3.70. The summed E-state index contributed by atoms with van der Waals surface area (Å²) >= 11 is 9.22. The molecular formula is C17H11BrClN3O6. The fraction of sp³-hybridized carbons (Fsp3) is 0.0588. The molecule has 0 saturated carbocycles. The number of benzene rings is 2. The maximum Gasteiger partial charge on any atom is 0.307 e. The highest BCUT2D eigenvalue weighted by Gasteiger charge is 2.16. The summed E-state index contributed by atoms with van der Waals surface area (Å²) in [6.45, 7) is 0. The highest BCUT2D eigenvalue weighted by molar-refractivity contribution is 9.10. The molecule has 0 unspecified atom stereocenters. The van der Waals surface area contributed by atoms with Crippen molar-refractivity contribution in [2.24, 2.45) is 5.10 Å². The number of hydrogen-bond acceptors (Lipinski definition) is 7. The lowest BCUT2D eigenvalue weighted by atomic mass is 10.2. The number of nitrogens with zero attached hydrogens (tertiary/aromatic N) is 2. The molecule has 1 heterocycles. The summed E-state index contributed by atoms with van der Waals surface area (Å²) < 4.78 is 10.7. The molecule has 11 heteroatoms. The van der Waals surface area contributed by atoms with Crippen molar-refractivity contribution >= 4 is 56.3 Å². The molecule has 2 N–H and O–H groups in total. The number of phenols is 1. The molecule has 3 rings (SSSR count). The van der Waals surface area contributed by atoms with Gasteiger partial charge in [-0.15, -0.1) is 0 Å². The van der Waals surface area contributed by atoms with Gasteiger partial charge in [0, 0.05) is 27.6 Å². The number of hydrazone groups is 1. The van der Waals surface area contributed by atoms with Gasteiger partial charge < -0.3 is 14.3 Å². The number of rotatable bonds is 5. The number of nitro benzene ring substituents is 1. The molecule has 0 atom stereocenters. The summed E-state index contributed by atoms with van der Waals surface area (Å²) in [7, 11) is 1.37. The molecule has 0 saturated heterocycles. The van der Waals surface area contributed by atoms with Crippen LogP contribution in [-0.4, -0.2) is 29.3 Å². The first-order chi connectivity index (χ1) is 13.3. The van der Waals surface area contributed by atoms with Gasteiger partial charge in [-0.3, -0.25) is 14.9 Å². The van der Waals surface area contributed by atoms with Crippen LogP contribution in [0.3, 0.4) is 0 Å². The van der Waals surface area contributed by atoms with Crippen molar-refractivity contribution in [2.75, 3.05) is 7.11 Å². The van der Waals surface area contributed by atoms with Gasteiger partial charge in [0.05, 0.1) is 18.2 Å². The van der Waals surface area contributed by atoms with Crippen LogP contribution in [0.5, 0.6) is 11.5 Å². The van der Waals surface area contributed by atoms with Crippen LogP contribution in [0.2, 0.25) is 5.02 Å². The Morgan fingerprint density at radius 1 is 1.43 bits per heavy atom. The molecule has 0 aliphatic carbocycles. The molecule has 0 spiro atoms. The van der Waals surface area contributed by atoms with Gasteiger partial charge in [-0.2, -0.15) is 5.10 Å². The zero-order chi connectivity index (χ0) is 20.4. The van der Waals surface area contributed by atoms with Crippen LogP contribution < -0.4 is 10.2 Å². The lowest BCUT2D eigenvalue weighted by Gasteiger charge is -2.08. The lowest BCUT2D eigenvalue weighted by Crippen LogP contribution is -2.16. The van der Waals surface area contributed by atoms with Crippen molar-refractivity contribution in [2.45, 2.75) is 0 Å². The van der Waals surface area contributed by atoms with Gasteiger partial charge >= 0.3 is 5.91 Å². The Bertz CT molecular complexity index is 1130. The van der Waals surface area contributed by atoms with Gasteiger partial charge in [0.2, 0.25) is 0 Å². The van der Waals surface area contributed by atoms with Gasteiger partial charge in [0.15, 0.2) is 17.3 Å². The van der Waals surface area contributed by atoms with Crippen molar-refractivity contribution in [3.8, 4) is 11.5 Å². The Hall–Kier alpha value is -3.11. The van der Waals surface area contributed by atoms with Crippen LogP contribution in [0, 0.1) is 10.1 Å². The van der Waals surface area contributed by atoms with Gasteiger partial charge in [0.1, 0.15) is 10.6 Å². The Morgan fingerprint density at radius 2 is 2.18 bits per heavy atom. The van der Waals surface area contributed by atoms with Crippen molar-refractivity contribution in [3.63, 3.8) is 0 Å². The third kappa shape index (κ3) is 3.78. The van der Waals surface area contributed by atoms with E-state index in [0.717, 1.165) is 0 Å². The molecule has 1 aromatic heterocycles. The van der Waals surface area contributed by atoms with E-state index in [1.807, 2.05) is 0 Å². The second-order valence-corrected chi connectivity index (χ2v) is 6.60. The lowest BCUT2D eigenvalue weighted by molar-refractivity contribution is -0.384. The van der Waals surface area contributed by atoms with Crippen LogP contribution in [-0.2, 0) is 0 Å². The van der Waals surface area contributed by atoms with Crippen molar-refractivity contribution < 1.29 is 24.0 Å². The van der Waals surface area contributed by atoms with E-state index in [4.69, 9.17) is 20.8 Å². The predicted octanol–water partition coefficient (Wildman–Crippen LogP) is 4.24. The second kappa shape index (κ2) is 7.87. The first-order valence-electron chi connectivity index (χ1n) is 7.58. The Kier molecular flexibility index (Phi) is 5.52. The number of ether oxygens (including phenoxy) is 1. The number of phenolic OH excluding ortho intramolecular Hbond substituents is 1. The molecule has 3 aromatic rings. The first-order valence-corrected chi connectivity index (χ1v) is 8.75. The molecule has 1 amide bonds. The number of fused-ring (bicyclic) bond motifs is 1. The molecule has 144 valence electrons. The predicted molar refractivity (Wildman–Crippen MR) is 105 cm³/mol. The van der Waals surface area contributed by atoms with E-state index >= 15 is 0 Å². The fourth-order valence-electron chi connectivity index (χ4n) is 2.33. The normalized spacial score (nSPS) is 11.1. The molecule has 0 fully saturated rings. The largest absolute Gasteiger partial charge is 0.503 e. The standard InChI is InChI=1S/C17H11BrClN3O6/c1-27-12-6-9(14(18)15(19)16(12)23)7-20-21-17(24)13-5-8-4-10(22(25)26)2-3-11(8)28-13/h2-7,23H,1H3,(H,21,24)/b20-7+. The Morgan fingerprint density at radius 3 is 2.86 bits per heavy atom. The number of amides is 1. The van der Waals surface area contributed by atoms with Crippen LogP contribution in [0.1, 0.15) is 16.1 Å². The quantitative estimate of drug-likeness (QED) is 0.328. The minimum absolute atomic E-state index is 0.0333. The summed E-state index contributed by atoms with van der Waals surface area (Å²) in [6.07, 6.45) is 1.29. The van der Waals surface area contributed by atoms with E-state index in [9.17, 15) is 20.0 Å². The minimum Gasteiger partial charge on any atom is -0.503 e. The molecule has 0 aliphatic heterocycles. The maximum absolute atomic E-state index is 12.2. The number of hydrogen-bond donors (Lipinski definition) is 2. The molecule has 0 bridgehead atoms. The minimum atomic E-state index is -0.650. The van der Waals surface area contributed by atoms with Crippen molar-refractivity contribution in [1.29, 1.82) is 0 Å². The summed E-state index contributed by atoms with van der Waals surface area (Å²) in [5.74, 6) is -0.801. The molecule has 0 radical (unpaired) electrons. The molecule has 9 nitrogen and oxygen atoms in total. The average Bonchev–Trinajstić information content (AvgIpc) is 3.11. The summed E-state index contributed by atoms with van der Waals surface area (Å²) in [5, 5.41) is 24.9. The number of carbonyl (C=O) groups is 1. The first kappa shape index (κ1) is 19.6. The smallest absolute Gasteiger partial charge is 0.307 e. The second-order valence-electron chi connectivity index (χ2n) is 5.43. The molecular weight excluding hydrogens is 458 g/mol. The van der Waals surface area contributed by atoms with E-state index < -0.39 is 10.8 Å². The fourth-order valence-corrected chi connectivity index (χ4v) is 2.94. The number of furan rings is 1. The number of carbonyl (C=O) groups excluding carboxylic acids is 1. The van der Waals surface area contributed by atoms with Gasteiger partial charge in [-0.1, -0.05) is 11.6 Å². The van der Waals surface area contributed by atoms with Crippen molar-refractivity contribution in [1.82, 2.24) is 5.43 Å². The SMILES string of the molecule is COc1cc(/C=N/NC(=O)c2cc3cc([N+](=O)[O-])ccc3o2)c(Br)c(Cl)c1O. The monoisotopic (exact) mass is 467 g/mol. The van der Waals surface area contributed by atoms with E-state index in [1.165, 1.54) is 43.7 Å². The zero-order valence-electron chi connectivity index (χ0n) is 14.1. The van der Waals surface area contributed by atoms with Crippen LogP contribution in [0.4, 0.5) is 5.69 Å². The average molecular weight is 469 g/mol. The number of aromatic hydroxyl groups is 1. The van der Waals surface area contributed by atoms with E-state index in [1.54, 1.807) is 0 Å². The topological polar surface area (TPSA) is 127 Å². The highest BCUT2D eigenvalue weighted by Crippen LogP contribution is 2.40. The number of halogens is 2. The number of nitrogens with one attached hydrogen (secondary N) is 1. The number of non-ortho nitro benzene ring substituents is 1. The highest BCUT2D eigenvalue weighted by atomic mass is 79.9. The van der Waals surface area contributed by atoms with Crippen molar-refractivity contribution in [3.05, 3.63) is 61.3 Å². The Balaban J connectivity index is 1.80.